The lowest BCUT2D eigenvalue weighted by Gasteiger charge is -2.31. The normalized spacial score (nSPS) is 24.0. The summed E-state index contributed by atoms with van der Waals surface area (Å²) >= 11 is 0. The molecule has 2 rings (SSSR count). The lowest BCUT2D eigenvalue weighted by Crippen LogP contribution is -2.44. The second kappa shape index (κ2) is 8.52. The summed E-state index contributed by atoms with van der Waals surface area (Å²) in [5, 5.41) is 13.3. The van der Waals surface area contributed by atoms with Gasteiger partial charge >= 0.3 is 0 Å². The van der Waals surface area contributed by atoms with Gasteiger partial charge in [-0.05, 0) is 57.1 Å². The zero-order chi connectivity index (χ0) is 15.1. The molecule has 21 heavy (non-hydrogen) atoms. The first-order valence-electron chi connectivity index (χ1n) is 8.26. The van der Waals surface area contributed by atoms with Crippen LogP contribution in [0.3, 0.4) is 0 Å². The molecule has 1 aliphatic rings. The molecular formula is C18H29NO2. The number of rotatable bonds is 7. The van der Waals surface area contributed by atoms with Crippen molar-refractivity contribution in [2.75, 3.05) is 13.2 Å². The molecule has 1 fully saturated rings. The van der Waals surface area contributed by atoms with E-state index in [1.54, 1.807) is 0 Å². The third-order valence-corrected chi connectivity index (χ3v) is 4.50. The predicted octanol–water partition coefficient (Wildman–Crippen LogP) is 2.84. The van der Waals surface area contributed by atoms with E-state index in [-0.39, 0.29) is 12.6 Å². The van der Waals surface area contributed by atoms with Crippen LogP contribution in [0.25, 0.3) is 0 Å². The lowest BCUT2D eigenvalue weighted by atomic mass is 9.91. The highest BCUT2D eigenvalue weighted by molar-refractivity contribution is 5.26. The van der Waals surface area contributed by atoms with Crippen LogP contribution in [0, 0.1) is 6.92 Å². The third-order valence-electron chi connectivity index (χ3n) is 4.50. The molecule has 0 amide bonds. The van der Waals surface area contributed by atoms with E-state index < -0.39 is 0 Å². The van der Waals surface area contributed by atoms with E-state index in [0.29, 0.717) is 12.1 Å². The average Bonchev–Trinajstić information content (AvgIpc) is 2.51. The molecule has 1 aromatic rings. The Morgan fingerprint density at radius 2 is 1.95 bits per heavy atom. The summed E-state index contributed by atoms with van der Waals surface area (Å²) in [5.41, 5.74) is 2.63. The second-order valence-electron chi connectivity index (χ2n) is 6.11. The Bertz CT molecular complexity index is 413. The first-order valence-corrected chi connectivity index (χ1v) is 8.26. The maximum atomic E-state index is 9.66. The summed E-state index contributed by atoms with van der Waals surface area (Å²) in [7, 11) is 0. The molecule has 0 aromatic heterocycles. The van der Waals surface area contributed by atoms with Crippen molar-refractivity contribution >= 4 is 0 Å². The first kappa shape index (κ1) is 16.5. The molecule has 2 N–H and O–H groups in total. The quantitative estimate of drug-likeness (QED) is 0.811. The first-order chi connectivity index (χ1) is 10.2. The molecule has 1 aromatic carbocycles. The van der Waals surface area contributed by atoms with Crippen molar-refractivity contribution in [1.29, 1.82) is 0 Å². The zero-order valence-corrected chi connectivity index (χ0v) is 13.3. The van der Waals surface area contributed by atoms with E-state index in [1.165, 1.54) is 11.1 Å². The van der Waals surface area contributed by atoms with Gasteiger partial charge in [-0.25, -0.2) is 0 Å². The molecule has 0 heterocycles. The van der Waals surface area contributed by atoms with Crippen molar-refractivity contribution in [2.45, 2.75) is 64.1 Å². The number of nitrogens with one attached hydrogen (secondary N) is 1. The highest BCUT2D eigenvalue weighted by atomic mass is 16.5. The SMILES string of the molecule is CCOC1CCC(NC(CO)Cc2ccccc2C)CC1. The van der Waals surface area contributed by atoms with E-state index in [2.05, 4.69) is 43.4 Å². The van der Waals surface area contributed by atoms with Crippen molar-refractivity contribution in [2.24, 2.45) is 0 Å². The molecule has 3 heteroatoms. The van der Waals surface area contributed by atoms with Crippen molar-refractivity contribution in [3.05, 3.63) is 35.4 Å². The van der Waals surface area contributed by atoms with Gasteiger partial charge in [0.2, 0.25) is 0 Å². The van der Waals surface area contributed by atoms with Crippen LogP contribution in [0.15, 0.2) is 24.3 Å². The molecule has 1 unspecified atom stereocenters. The maximum Gasteiger partial charge on any atom is 0.0587 e. The van der Waals surface area contributed by atoms with Gasteiger partial charge in [-0.15, -0.1) is 0 Å². The van der Waals surface area contributed by atoms with Crippen LogP contribution in [0.2, 0.25) is 0 Å². The molecule has 1 aliphatic carbocycles. The highest BCUT2D eigenvalue weighted by Gasteiger charge is 2.23. The van der Waals surface area contributed by atoms with Crippen LogP contribution >= 0.6 is 0 Å². The summed E-state index contributed by atoms with van der Waals surface area (Å²) in [6.45, 7) is 5.21. The number of ether oxygens (including phenoxy) is 1. The Labute approximate surface area is 128 Å². The molecule has 1 saturated carbocycles. The minimum Gasteiger partial charge on any atom is -0.395 e. The van der Waals surface area contributed by atoms with Gasteiger partial charge in [-0.2, -0.15) is 0 Å². The van der Waals surface area contributed by atoms with Gasteiger partial charge in [0.1, 0.15) is 0 Å². The van der Waals surface area contributed by atoms with E-state index in [9.17, 15) is 5.11 Å². The molecule has 0 spiro atoms. The van der Waals surface area contributed by atoms with E-state index >= 15 is 0 Å². The van der Waals surface area contributed by atoms with Crippen molar-refractivity contribution in [1.82, 2.24) is 5.32 Å². The number of hydrogen-bond donors (Lipinski definition) is 2. The Morgan fingerprint density at radius 3 is 2.57 bits per heavy atom. The summed E-state index contributed by atoms with van der Waals surface area (Å²) in [6.07, 6.45) is 5.90. The number of aliphatic hydroxyl groups is 1. The average molecular weight is 291 g/mol. The van der Waals surface area contributed by atoms with Gasteiger partial charge in [0, 0.05) is 18.7 Å². The van der Waals surface area contributed by atoms with Crippen LogP contribution in [-0.4, -0.2) is 36.5 Å². The predicted molar refractivity (Wildman–Crippen MR) is 86.6 cm³/mol. The topological polar surface area (TPSA) is 41.5 Å². The molecule has 3 nitrogen and oxygen atoms in total. The summed E-state index contributed by atoms with van der Waals surface area (Å²) < 4.78 is 5.70. The standard InChI is InChI=1S/C18H29NO2/c1-3-21-18-10-8-16(9-11-18)19-17(13-20)12-15-7-5-4-6-14(15)2/h4-7,16-20H,3,8-13H2,1-2H3. The van der Waals surface area contributed by atoms with Gasteiger partial charge in [0.25, 0.3) is 0 Å². The smallest absolute Gasteiger partial charge is 0.0587 e. The Kier molecular flexibility index (Phi) is 6.68. The lowest BCUT2D eigenvalue weighted by molar-refractivity contribution is 0.0286. The van der Waals surface area contributed by atoms with E-state index in [1.807, 2.05) is 0 Å². The van der Waals surface area contributed by atoms with Crippen LogP contribution in [0.4, 0.5) is 0 Å². The molecule has 0 bridgehead atoms. The fourth-order valence-electron chi connectivity index (χ4n) is 3.25. The molecule has 0 radical (unpaired) electrons. The number of aliphatic hydroxyl groups excluding tert-OH is 1. The summed E-state index contributed by atoms with van der Waals surface area (Å²) in [5.74, 6) is 0. The van der Waals surface area contributed by atoms with Crippen LogP contribution in [0.1, 0.15) is 43.7 Å². The Hall–Kier alpha value is -0.900. The van der Waals surface area contributed by atoms with E-state index in [4.69, 9.17) is 4.74 Å². The number of aryl methyl sites for hydroxylation is 1. The highest BCUT2D eigenvalue weighted by Crippen LogP contribution is 2.22. The Balaban J connectivity index is 1.82. The zero-order valence-electron chi connectivity index (χ0n) is 13.3. The van der Waals surface area contributed by atoms with Gasteiger partial charge in [-0.3, -0.25) is 0 Å². The molecule has 0 aliphatic heterocycles. The number of hydrogen-bond acceptors (Lipinski definition) is 3. The molecule has 0 saturated heterocycles. The largest absolute Gasteiger partial charge is 0.395 e. The monoisotopic (exact) mass is 291 g/mol. The van der Waals surface area contributed by atoms with Crippen LogP contribution in [0.5, 0.6) is 0 Å². The van der Waals surface area contributed by atoms with E-state index in [0.717, 1.165) is 38.7 Å². The van der Waals surface area contributed by atoms with Crippen molar-refractivity contribution in [3.8, 4) is 0 Å². The minimum absolute atomic E-state index is 0.153. The second-order valence-corrected chi connectivity index (χ2v) is 6.11. The van der Waals surface area contributed by atoms with Crippen molar-refractivity contribution < 1.29 is 9.84 Å². The van der Waals surface area contributed by atoms with Crippen LogP contribution < -0.4 is 5.32 Å². The summed E-state index contributed by atoms with van der Waals surface area (Å²) in [6, 6.07) is 9.10. The van der Waals surface area contributed by atoms with Gasteiger partial charge < -0.3 is 15.2 Å². The Morgan fingerprint density at radius 1 is 1.24 bits per heavy atom. The molecule has 118 valence electrons. The fourth-order valence-corrected chi connectivity index (χ4v) is 3.25. The molecular weight excluding hydrogens is 262 g/mol. The third kappa shape index (κ3) is 5.10. The molecule has 1 atom stereocenters. The van der Waals surface area contributed by atoms with Gasteiger partial charge in [-0.1, -0.05) is 24.3 Å². The minimum atomic E-state index is 0.153. The van der Waals surface area contributed by atoms with Gasteiger partial charge in [0.15, 0.2) is 0 Å². The van der Waals surface area contributed by atoms with Crippen molar-refractivity contribution in [3.63, 3.8) is 0 Å². The maximum absolute atomic E-state index is 9.66. The number of benzene rings is 1. The van der Waals surface area contributed by atoms with Gasteiger partial charge in [0.05, 0.1) is 12.7 Å². The fraction of sp³-hybridized carbons (Fsp3) is 0.667. The summed E-state index contributed by atoms with van der Waals surface area (Å²) in [4.78, 5) is 0. The van der Waals surface area contributed by atoms with Crippen LogP contribution in [-0.2, 0) is 11.2 Å².